The average Bonchev–Trinajstić information content (AvgIpc) is 2.79. The molecular formula is C16H16ClN3. The van der Waals surface area contributed by atoms with Crippen LogP contribution in [-0.2, 0) is 0 Å². The molecular weight excluding hydrogens is 270 g/mol. The number of aromatic nitrogens is 2. The van der Waals surface area contributed by atoms with E-state index in [4.69, 9.17) is 17.3 Å². The Labute approximate surface area is 123 Å². The van der Waals surface area contributed by atoms with Gasteiger partial charge in [-0.3, -0.25) is 0 Å². The normalized spacial score (nSPS) is 12.8. The molecule has 2 N–H and O–H groups in total. The molecule has 3 aromatic rings. The predicted molar refractivity (Wildman–Crippen MR) is 83.1 cm³/mol. The molecule has 0 spiro atoms. The Kier molecular flexibility index (Phi) is 3.47. The van der Waals surface area contributed by atoms with E-state index >= 15 is 0 Å². The molecule has 1 heterocycles. The van der Waals surface area contributed by atoms with Crippen molar-refractivity contribution < 1.29 is 0 Å². The number of fused-ring (bicyclic) bond motifs is 1. The second-order valence-corrected chi connectivity index (χ2v) is 5.26. The lowest BCUT2D eigenvalue weighted by atomic mass is 10.1. The Morgan fingerprint density at radius 2 is 1.85 bits per heavy atom. The molecule has 0 saturated heterocycles. The number of halogens is 1. The zero-order valence-corrected chi connectivity index (χ0v) is 12.0. The van der Waals surface area contributed by atoms with Gasteiger partial charge in [0.2, 0.25) is 0 Å². The molecule has 0 fully saturated rings. The van der Waals surface area contributed by atoms with Gasteiger partial charge < -0.3 is 10.3 Å². The molecule has 0 bridgehead atoms. The number of imidazole rings is 1. The SMILES string of the molecule is Cc1nc2ccccc2n1C(CN)c1ccc(Cl)cc1. The van der Waals surface area contributed by atoms with Gasteiger partial charge in [0, 0.05) is 11.6 Å². The van der Waals surface area contributed by atoms with E-state index in [1.165, 1.54) is 0 Å². The van der Waals surface area contributed by atoms with Crippen LogP contribution in [0.15, 0.2) is 48.5 Å². The van der Waals surface area contributed by atoms with Gasteiger partial charge in [-0.1, -0.05) is 35.9 Å². The summed E-state index contributed by atoms with van der Waals surface area (Å²) in [5, 5.41) is 0.733. The minimum atomic E-state index is 0.0691. The second kappa shape index (κ2) is 5.27. The fourth-order valence-electron chi connectivity index (χ4n) is 2.63. The van der Waals surface area contributed by atoms with Gasteiger partial charge in [-0.25, -0.2) is 4.98 Å². The molecule has 0 radical (unpaired) electrons. The van der Waals surface area contributed by atoms with Gasteiger partial charge in [0.15, 0.2) is 0 Å². The summed E-state index contributed by atoms with van der Waals surface area (Å²) in [6, 6.07) is 16.0. The molecule has 0 amide bonds. The summed E-state index contributed by atoms with van der Waals surface area (Å²) in [6.07, 6.45) is 0. The van der Waals surface area contributed by atoms with Gasteiger partial charge in [0.25, 0.3) is 0 Å². The highest BCUT2D eigenvalue weighted by Crippen LogP contribution is 2.26. The molecule has 1 aromatic heterocycles. The highest BCUT2D eigenvalue weighted by atomic mass is 35.5. The van der Waals surface area contributed by atoms with Crippen LogP contribution < -0.4 is 5.73 Å². The molecule has 3 rings (SSSR count). The zero-order chi connectivity index (χ0) is 14.1. The number of hydrogen-bond acceptors (Lipinski definition) is 2. The van der Waals surface area contributed by atoms with Crippen LogP contribution in [0.4, 0.5) is 0 Å². The van der Waals surface area contributed by atoms with Crippen molar-refractivity contribution in [3.63, 3.8) is 0 Å². The summed E-state index contributed by atoms with van der Waals surface area (Å²) in [5.74, 6) is 0.969. The smallest absolute Gasteiger partial charge is 0.107 e. The summed E-state index contributed by atoms with van der Waals surface area (Å²) in [7, 11) is 0. The minimum absolute atomic E-state index is 0.0691. The maximum atomic E-state index is 6.01. The molecule has 0 aliphatic rings. The van der Waals surface area contributed by atoms with Crippen molar-refractivity contribution >= 4 is 22.6 Å². The Hall–Kier alpha value is -1.84. The Balaban J connectivity index is 2.16. The average molecular weight is 286 g/mol. The van der Waals surface area contributed by atoms with Crippen LogP contribution >= 0.6 is 11.6 Å². The topological polar surface area (TPSA) is 43.8 Å². The lowest BCUT2D eigenvalue weighted by molar-refractivity contribution is 0.594. The molecule has 0 saturated carbocycles. The van der Waals surface area contributed by atoms with Crippen LogP contribution in [0.25, 0.3) is 11.0 Å². The number of aryl methyl sites for hydroxylation is 1. The maximum Gasteiger partial charge on any atom is 0.107 e. The third-order valence-corrected chi connectivity index (χ3v) is 3.81. The number of nitrogens with zero attached hydrogens (tertiary/aromatic N) is 2. The van der Waals surface area contributed by atoms with Crippen molar-refractivity contribution in [2.24, 2.45) is 5.73 Å². The quantitative estimate of drug-likeness (QED) is 0.800. The number of rotatable bonds is 3. The molecule has 20 heavy (non-hydrogen) atoms. The van der Waals surface area contributed by atoms with E-state index in [0.29, 0.717) is 6.54 Å². The van der Waals surface area contributed by atoms with Crippen LogP contribution in [0.3, 0.4) is 0 Å². The van der Waals surface area contributed by atoms with E-state index in [1.54, 1.807) is 0 Å². The fraction of sp³-hybridized carbons (Fsp3) is 0.188. The van der Waals surface area contributed by atoms with Crippen LogP contribution in [0.5, 0.6) is 0 Å². The highest BCUT2D eigenvalue weighted by Gasteiger charge is 2.17. The summed E-state index contributed by atoms with van der Waals surface area (Å²) in [5.41, 5.74) is 9.26. The first-order valence-corrected chi connectivity index (χ1v) is 6.97. The maximum absolute atomic E-state index is 6.01. The summed E-state index contributed by atoms with van der Waals surface area (Å²) < 4.78 is 2.19. The first-order chi connectivity index (χ1) is 9.70. The molecule has 1 atom stereocenters. The van der Waals surface area contributed by atoms with E-state index in [1.807, 2.05) is 49.4 Å². The third kappa shape index (κ3) is 2.19. The van der Waals surface area contributed by atoms with E-state index in [9.17, 15) is 0 Å². The van der Waals surface area contributed by atoms with Crippen molar-refractivity contribution in [1.29, 1.82) is 0 Å². The van der Waals surface area contributed by atoms with Crippen LogP contribution in [0, 0.1) is 6.92 Å². The van der Waals surface area contributed by atoms with E-state index in [2.05, 4.69) is 15.6 Å². The highest BCUT2D eigenvalue weighted by molar-refractivity contribution is 6.30. The number of para-hydroxylation sites is 2. The lowest BCUT2D eigenvalue weighted by Gasteiger charge is -2.20. The van der Waals surface area contributed by atoms with Gasteiger partial charge in [-0.15, -0.1) is 0 Å². The van der Waals surface area contributed by atoms with Crippen molar-refractivity contribution in [3.8, 4) is 0 Å². The van der Waals surface area contributed by atoms with Gasteiger partial charge in [0.1, 0.15) is 5.82 Å². The minimum Gasteiger partial charge on any atom is -0.328 e. The molecule has 0 aliphatic heterocycles. The Morgan fingerprint density at radius 3 is 2.55 bits per heavy atom. The first-order valence-electron chi connectivity index (χ1n) is 6.60. The Morgan fingerprint density at radius 1 is 1.15 bits per heavy atom. The number of hydrogen-bond donors (Lipinski definition) is 1. The standard InChI is InChI=1S/C16H16ClN3/c1-11-19-14-4-2-3-5-15(14)20(11)16(10-18)12-6-8-13(17)9-7-12/h2-9,16H,10,18H2,1H3. The molecule has 0 aliphatic carbocycles. The number of nitrogens with two attached hydrogens (primary N) is 1. The predicted octanol–water partition coefficient (Wildman–Crippen LogP) is 3.55. The van der Waals surface area contributed by atoms with E-state index in [0.717, 1.165) is 27.4 Å². The zero-order valence-electron chi connectivity index (χ0n) is 11.3. The van der Waals surface area contributed by atoms with E-state index < -0.39 is 0 Å². The largest absolute Gasteiger partial charge is 0.328 e. The second-order valence-electron chi connectivity index (χ2n) is 4.82. The van der Waals surface area contributed by atoms with Crippen molar-refractivity contribution in [2.45, 2.75) is 13.0 Å². The summed E-state index contributed by atoms with van der Waals surface area (Å²) in [6.45, 7) is 2.53. The van der Waals surface area contributed by atoms with Gasteiger partial charge >= 0.3 is 0 Å². The van der Waals surface area contributed by atoms with Gasteiger partial charge in [-0.05, 0) is 36.8 Å². The fourth-order valence-corrected chi connectivity index (χ4v) is 2.76. The molecule has 102 valence electrons. The Bertz CT molecular complexity index is 731. The number of benzene rings is 2. The van der Waals surface area contributed by atoms with Crippen molar-refractivity contribution in [3.05, 3.63) is 64.9 Å². The molecule has 1 unspecified atom stereocenters. The molecule has 2 aromatic carbocycles. The third-order valence-electron chi connectivity index (χ3n) is 3.56. The summed E-state index contributed by atoms with van der Waals surface area (Å²) >= 11 is 5.96. The van der Waals surface area contributed by atoms with Gasteiger partial charge in [0.05, 0.1) is 17.1 Å². The molecule has 4 heteroatoms. The van der Waals surface area contributed by atoms with Crippen LogP contribution in [-0.4, -0.2) is 16.1 Å². The van der Waals surface area contributed by atoms with Gasteiger partial charge in [-0.2, -0.15) is 0 Å². The van der Waals surface area contributed by atoms with Crippen molar-refractivity contribution in [2.75, 3.05) is 6.54 Å². The first kappa shape index (κ1) is 13.2. The van der Waals surface area contributed by atoms with E-state index in [-0.39, 0.29) is 6.04 Å². The summed E-state index contributed by atoms with van der Waals surface area (Å²) in [4.78, 5) is 4.61. The van der Waals surface area contributed by atoms with Crippen LogP contribution in [0.1, 0.15) is 17.4 Å². The van der Waals surface area contributed by atoms with Crippen LogP contribution in [0.2, 0.25) is 5.02 Å². The lowest BCUT2D eigenvalue weighted by Crippen LogP contribution is -2.21. The molecule has 3 nitrogen and oxygen atoms in total. The monoisotopic (exact) mass is 285 g/mol. The van der Waals surface area contributed by atoms with Crippen molar-refractivity contribution in [1.82, 2.24) is 9.55 Å².